The highest BCUT2D eigenvalue weighted by atomic mass is 19.4. The first-order valence-electron chi connectivity index (χ1n) is 6.98. The summed E-state index contributed by atoms with van der Waals surface area (Å²) in [5, 5.41) is 11.9. The van der Waals surface area contributed by atoms with E-state index in [4.69, 9.17) is 5.11 Å². The maximum atomic E-state index is 12.7. The van der Waals surface area contributed by atoms with Gasteiger partial charge in [-0.15, -0.1) is 0 Å². The number of carbonyl (C=O) groups is 1. The highest BCUT2D eigenvalue weighted by Crippen LogP contribution is 2.37. The molecule has 0 spiro atoms. The zero-order valence-corrected chi connectivity index (χ0v) is 11.5. The van der Waals surface area contributed by atoms with Gasteiger partial charge in [-0.1, -0.05) is 18.6 Å². The molecular weight excluding hydrogens is 283 g/mol. The van der Waals surface area contributed by atoms with E-state index in [1.165, 1.54) is 12.1 Å². The average Bonchev–Trinajstić information content (AvgIpc) is 2.45. The van der Waals surface area contributed by atoms with Crippen LogP contribution in [-0.4, -0.2) is 23.3 Å². The summed E-state index contributed by atoms with van der Waals surface area (Å²) in [5.74, 6) is -2.20. The summed E-state index contributed by atoms with van der Waals surface area (Å²) in [6.45, 7) is 0.454. The van der Waals surface area contributed by atoms with Crippen LogP contribution in [0, 0.1) is 5.92 Å². The number of aromatic carboxylic acids is 1. The van der Waals surface area contributed by atoms with Gasteiger partial charge in [0.2, 0.25) is 0 Å². The lowest BCUT2D eigenvalue weighted by atomic mass is 9.85. The molecule has 6 heteroatoms. The van der Waals surface area contributed by atoms with Gasteiger partial charge in [-0.2, -0.15) is 13.2 Å². The standard InChI is InChI=1S/C15H18F3NO2/c16-15(17,18)12-2-1-3-13(8-12)19-9-10-4-6-11(7-5-10)14(20)21/h4-7,12-13,19H,1-3,8-9H2,(H,20,21). The van der Waals surface area contributed by atoms with Crippen molar-refractivity contribution in [2.75, 3.05) is 0 Å². The van der Waals surface area contributed by atoms with E-state index in [1.807, 2.05) is 0 Å². The molecule has 1 saturated carbocycles. The molecule has 2 atom stereocenters. The molecule has 21 heavy (non-hydrogen) atoms. The predicted molar refractivity (Wildman–Crippen MR) is 72.0 cm³/mol. The topological polar surface area (TPSA) is 49.3 Å². The van der Waals surface area contributed by atoms with Crippen LogP contribution in [0.1, 0.15) is 41.6 Å². The Morgan fingerprint density at radius 1 is 1.24 bits per heavy atom. The van der Waals surface area contributed by atoms with Gasteiger partial charge in [-0.25, -0.2) is 4.79 Å². The molecule has 3 nitrogen and oxygen atoms in total. The van der Waals surface area contributed by atoms with E-state index in [-0.39, 0.29) is 24.4 Å². The van der Waals surface area contributed by atoms with Crippen LogP contribution >= 0.6 is 0 Å². The van der Waals surface area contributed by atoms with Crippen molar-refractivity contribution in [3.8, 4) is 0 Å². The average molecular weight is 301 g/mol. The second-order valence-electron chi connectivity index (χ2n) is 5.49. The summed E-state index contributed by atoms with van der Waals surface area (Å²) >= 11 is 0. The Kier molecular flexibility index (Phi) is 4.88. The van der Waals surface area contributed by atoms with Crippen LogP contribution in [-0.2, 0) is 6.54 Å². The molecule has 0 saturated heterocycles. The van der Waals surface area contributed by atoms with Crippen molar-refractivity contribution in [1.82, 2.24) is 5.32 Å². The number of rotatable bonds is 4. The quantitative estimate of drug-likeness (QED) is 0.893. The first-order valence-corrected chi connectivity index (χ1v) is 6.98. The molecule has 1 fully saturated rings. The molecule has 1 aromatic carbocycles. The van der Waals surface area contributed by atoms with Gasteiger partial charge in [-0.05, 0) is 37.0 Å². The summed E-state index contributed by atoms with van der Waals surface area (Å²) in [5.41, 5.74) is 1.07. The molecular formula is C15H18F3NO2. The Balaban J connectivity index is 1.86. The molecule has 0 aromatic heterocycles. The molecule has 116 valence electrons. The van der Waals surface area contributed by atoms with Crippen molar-refractivity contribution < 1.29 is 23.1 Å². The van der Waals surface area contributed by atoms with E-state index in [1.54, 1.807) is 12.1 Å². The zero-order valence-electron chi connectivity index (χ0n) is 11.5. The van der Waals surface area contributed by atoms with Crippen molar-refractivity contribution in [2.24, 2.45) is 5.92 Å². The normalized spacial score (nSPS) is 23.0. The van der Waals surface area contributed by atoms with E-state index < -0.39 is 18.1 Å². The molecule has 0 bridgehead atoms. The minimum atomic E-state index is -4.11. The van der Waals surface area contributed by atoms with E-state index in [0.717, 1.165) is 12.0 Å². The fraction of sp³-hybridized carbons (Fsp3) is 0.533. The van der Waals surface area contributed by atoms with Crippen LogP contribution in [0.4, 0.5) is 13.2 Å². The smallest absolute Gasteiger partial charge is 0.391 e. The highest BCUT2D eigenvalue weighted by Gasteiger charge is 2.41. The molecule has 2 unspecified atom stereocenters. The second kappa shape index (κ2) is 6.47. The Hall–Kier alpha value is -1.56. The van der Waals surface area contributed by atoms with Gasteiger partial charge in [0.15, 0.2) is 0 Å². The fourth-order valence-electron chi connectivity index (χ4n) is 2.70. The van der Waals surface area contributed by atoms with Gasteiger partial charge in [-0.3, -0.25) is 0 Å². The van der Waals surface area contributed by atoms with Crippen molar-refractivity contribution >= 4 is 5.97 Å². The lowest BCUT2D eigenvalue weighted by molar-refractivity contribution is -0.183. The molecule has 1 aliphatic rings. The summed E-state index contributed by atoms with van der Waals surface area (Å²) in [6, 6.07) is 6.22. The number of hydrogen-bond acceptors (Lipinski definition) is 2. The molecule has 2 N–H and O–H groups in total. The number of carboxylic acid groups (broad SMARTS) is 1. The predicted octanol–water partition coefficient (Wildman–Crippen LogP) is 3.60. The van der Waals surface area contributed by atoms with Crippen LogP contribution in [0.3, 0.4) is 0 Å². The second-order valence-corrected chi connectivity index (χ2v) is 5.49. The minimum Gasteiger partial charge on any atom is -0.478 e. The third-order valence-electron chi connectivity index (χ3n) is 3.93. The third-order valence-corrected chi connectivity index (χ3v) is 3.93. The molecule has 0 aliphatic heterocycles. The van der Waals surface area contributed by atoms with E-state index >= 15 is 0 Å². The van der Waals surface area contributed by atoms with Crippen LogP contribution < -0.4 is 5.32 Å². The number of nitrogens with one attached hydrogen (secondary N) is 1. The van der Waals surface area contributed by atoms with Crippen LogP contribution in [0.5, 0.6) is 0 Å². The molecule has 1 aromatic rings. The monoisotopic (exact) mass is 301 g/mol. The molecule has 0 heterocycles. The minimum absolute atomic E-state index is 0.122. The van der Waals surface area contributed by atoms with Crippen molar-refractivity contribution in [1.29, 1.82) is 0 Å². The van der Waals surface area contributed by atoms with Crippen molar-refractivity contribution in [2.45, 2.75) is 44.4 Å². The van der Waals surface area contributed by atoms with Gasteiger partial charge in [0.1, 0.15) is 0 Å². The van der Waals surface area contributed by atoms with E-state index in [2.05, 4.69) is 5.32 Å². The zero-order chi connectivity index (χ0) is 15.5. The lowest BCUT2D eigenvalue weighted by Crippen LogP contribution is -2.38. The fourth-order valence-corrected chi connectivity index (χ4v) is 2.70. The molecule has 1 aliphatic carbocycles. The van der Waals surface area contributed by atoms with Crippen LogP contribution in [0.25, 0.3) is 0 Å². The molecule has 0 radical (unpaired) electrons. The Labute approximate surface area is 121 Å². The third kappa shape index (κ3) is 4.46. The summed E-state index contributed by atoms with van der Waals surface area (Å²) in [6.07, 6.45) is -2.44. The maximum absolute atomic E-state index is 12.7. The van der Waals surface area contributed by atoms with Gasteiger partial charge in [0.25, 0.3) is 0 Å². The largest absolute Gasteiger partial charge is 0.478 e. The molecule has 2 rings (SSSR count). The number of halogens is 3. The SMILES string of the molecule is O=C(O)c1ccc(CNC2CCCC(C(F)(F)F)C2)cc1. The van der Waals surface area contributed by atoms with Crippen molar-refractivity contribution in [3.05, 3.63) is 35.4 Å². The Bertz CT molecular complexity index is 485. The number of carboxylic acids is 1. The van der Waals surface area contributed by atoms with E-state index in [9.17, 15) is 18.0 Å². The first kappa shape index (κ1) is 15.8. The Morgan fingerprint density at radius 2 is 1.90 bits per heavy atom. The van der Waals surface area contributed by atoms with Gasteiger partial charge in [0, 0.05) is 12.6 Å². The van der Waals surface area contributed by atoms with E-state index in [0.29, 0.717) is 13.0 Å². The lowest BCUT2D eigenvalue weighted by Gasteiger charge is -2.31. The van der Waals surface area contributed by atoms with Gasteiger partial charge in [0.05, 0.1) is 11.5 Å². The van der Waals surface area contributed by atoms with Crippen molar-refractivity contribution in [3.63, 3.8) is 0 Å². The Morgan fingerprint density at radius 3 is 2.48 bits per heavy atom. The number of alkyl halides is 3. The summed E-state index contributed by atoms with van der Waals surface area (Å²) < 4.78 is 38.1. The highest BCUT2D eigenvalue weighted by molar-refractivity contribution is 5.87. The number of hydrogen-bond donors (Lipinski definition) is 2. The molecule has 0 amide bonds. The van der Waals surface area contributed by atoms with Crippen LogP contribution in [0.15, 0.2) is 24.3 Å². The maximum Gasteiger partial charge on any atom is 0.391 e. The number of benzene rings is 1. The first-order chi connectivity index (χ1) is 9.86. The van der Waals surface area contributed by atoms with Gasteiger partial charge < -0.3 is 10.4 Å². The summed E-state index contributed by atoms with van der Waals surface area (Å²) in [7, 11) is 0. The summed E-state index contributed by atoms with van der Waals surface area (Å²) in [4.78, 5) is 10.7. The van der Waals surface area contributed by atoms with Gasteiger partial charge >= 0.3 is 12.1 Å². The van der Waals surface area contributed by atoms with Crippen LogP contribution in [0.2, 0.25) is 0 Å².